The molecule has 0 aliphatic heterocycles. The number of benzene rings is 1. The number of hydrogen-bond donors (Lipinski definition) is 7. The van der Waals surface area contributed by atoms with Crippen LogP contribution in [-0.2, 0) is 33.3 Å². The Kier molecular flexibility index (Phi) is 34.2. The molecule has 15 heteroatoms. The zero-order valence-corrected chi connectivity index (χ0v) is 34.3. The lowest BCUT2D eigenvalue weighted by Crippen LogP contribution is -2.51. The van der Waals surface area contributed by atoms with Crippen LogP contribution in [0.5, 0.6) is 0 Å². The molecule has 0 radical (unpaired) electrons. The number of nitrogens with two attached hydrogens (primary N) is 3. The second-order valence-electron chi connectivity index (χ2n) is 11.3. The highest BCUT2D eigenvalue weighted by Gasteiger charge is 2.22. The summed E-state index contributed by atoms with van der Waals surface area (Å²) < 4.78 is 4.78. The number of carbonyl (C=O) groups is 4. The van der Waals surface area contributed by atoms with Crippen LogP contribution in [0.4, 0.5) is 0 Å². The summed E-state index contributed by atoms with van der Waals surface area (Å²) in [6, 6.07) is 8.95. The van der Waals surface area contributed by atoms with Crippen LogP contribution in [0.25, 0.3) is 0 Å². The van der Waals surface area contributed by atoms with Crippen molar-refractivity contribution in [2.24, 2.45) is 36.3 Å². The van der Waals surface area contributed by atoms with E-state index in [-0.39, 0.29) is 30.7 Å². The maximum absolute atomic E-state index is 12.4. The predicted molar refractivity (Wildman–Crippen MR) is 217 cm³/mol. The van der Waals surface area contributed by atoms with Crippen LogP contribution in [0.2, 0.25) is 0 Å². The van der Waals surface area contributed by atoms with E-state index in [0.29, 0.717) is 58.0 Å². The Morgan fingerprint density at radius 3 is 1.85 bits per heavy atom. The quantitative estimate of drug-likeness (QED) is 0.0514. The highest BCUT2D eigenvalue weighted by Crippen LogP contribution is 2.02. The third-order valence-electron chi connectivity index (χ3n) is 7.06. The maximum atomic E-state index is 12.4. The molecular weight excluding hydrogens is 681 g/mol. The van der Waals surface area contributed by atoms with Crippen molar-refractivity contribution in [1.82, 2.24) is 30.4 Å². The molecule has 2 atom stereocenters. The molecule has 0 fully saturated rings. The molecule has 1 aromatic heterocycles. The number of imidazole rings is 1. The zero-order valence-electron chi connectivity index (χ0n) is 33.5. The van der Waals surface area contributed by atoms with E-state index < -0.39 is 23.9 Å². The van der Waals surface area contributed by atoms with Gasteiger partial charge in [-0.25, -0.2) is 0 Å². The first-order valence-corrected chi connectivity index (χ1v) is 18.7. The number of nitrogens with one attached hydrogen (secondary N) is 4. The highest BCUT2D eigenvalue weighted by atomic mass is 32.1. The topological polar surface area (TPSA) is 217 Å². The van der Waals surface area contributed by atoms with Gasteiger partial charge in [-0.15, -0.1) is 0 Å². The molecule has 0 saturated heterocycles. The summed E-state index contributed by atoms with van der Waals surface area (Å²) in [4.78, 5) is 52.6. The van der Waals surface area contributed by atoms with Gasteiger partial charge in [-0.2, -0.15) is 0 Å². The van der Waals surface area contributed by atoms with Crippen molar-refractivity contribution in [3.05, 3.63) is 52.6 Å². The van der Waals surface area contributed by atoms with Gasteiger partial charge in [-0.3, -0.25) is 24.2 Å². The van der Waals surface area contributed by atoms with Crippen molar-refractivity contribution in [2.75, 3.05) is 33.2 Å². The molecule has 0 saturated carbocycles. The smallest absolute Gasteiger partial charge is 0.242 e. The van der Waals surface area contributed by atoms with E-state index in [0.717, 1.165) is 4.77 Å². The number of aliphatic imine (C=N–C) groups is 1. The number of hydrogen-bond acceptors (Lipinski definition) is 8. The summed E-state index contributed by atoms with van der Waals surface area (Å²) in [5.74, 6) is -1.35. The summed E-state index contributed by atoms with van der Waals surface area (Å²) in [5, 5.41) is 10.6. The van der Waals surface area contributed by atoms with Crippen LogP contribution in [0.15, 0.2) is 41.5 Å². The lowest BCUT2D eigenvalue weighted by molar-refractivity contribution is -0.131. The second-order valence-corrected chi connectivity index (χ2v) is 11.7. The minimum absolute atomic E-state index is 0.00749. The van der Waals surface area contributed by atoms with Gasteiger partial charge in [0.1, 0.15) is 6.04 Å². The van der Waals surface area contributed by atoms with Gasteiger partial charge in [0.05, 0.1) is 19.1 Å². The fraction of sp³-hybridized carbons (Fsp3) is 0.622. The van der Waals surface area contributed by atoms with Crippen molar-refractivity contribution in [3.8, 4) is 0 Å². The third kappa shape index (κ3) is 26.7. The monoisotopic (exact) mass is 751 g/mol. The third-order valence-corrected chi connectivity index (χ3v) is 7.62. The molecule has 3 amide bonds. The molecule has 14 nitrogen and oxygen atoms in total. The Morgan fingerprint density at radius 2 is 1.42 bits per heavy atom. The number of carbonyl (C=O) groups excluding carboxylic acids is 4. The van der Waals surface area contributed by atoms with E-state index in [2.05, 4.69) is 45.3 Å². The summed E-state index contributed by atoms with van der Waals surface area (Å²) in [5.41, 5.74) is 18.5. The van der Waals surface area contributed by atoms with Crippen LogP contribution in [0.1, 0.15) is 90.8 Å². The number of aryl methyl sites for hydroxylation is 3. The number of ketones is 1. The van der Waals surface area contributed by atoms with E-state index in [1.165, 1.54) is 11.3 Å². The molecule has 0 aliphatic carbocycles. The van der Waals surface area contributed by atoms with Gasteiger partial charge in [-0.05, 0) is 78.2 Å². The number of nitrogens with zero attached hydrogens (tertiary/aromatic N) is 3. The average molecular weight is 751 g/mol. The summed E-state index contributed by atoms with van der Waals surface area (Å²) in [7, 11) is 5.57. The van der Waals surface area contributed by atoms with Gasteiger partial charge in [0, 0.05) is 39.0 Å². The van der Waals surface area contributed by atoms with Crippen molar-refractivity contribution in [3.63, 3.8) is 0 Å². The van der Waals surface area contributed by atoms with E-state index in [9.17, 15) is 19.2 Å². The van der Waals surface area contributed by atoms with Crippen LogP contribution < -0.4 is 38.5 Å². The molecule has 2 rings (SSSR count). The zero-order chi connectivity index (χ0) is 40.5. The fourth-order valence-electron chi connectivity index (χ4n) is 4.23. The standard InChI is InChI=1S/C20H40N8O4.C7H8.C6H10N2S.2C2H6/c1-3-7-14(29)12-26-19(32)16(8-4-5-10-21)28-17(30)13-27-18(31)15(24-2)9-6-11-25-20(22)23;1-7-5-3-2-4-6-7;1-5-4-7(2)6(9)8(5)3;2*1-2/h15-16,24H,3-13,21H2,1-2H3,(H,26,32)(H,27,31)(H,28,30)(H4,22,23,25);2-6H,1H3;4H,1-3H3;2*1-2H3. The molecule has 0 bridgehead atoms. The van der Waals surface area contributed by atoms with Crippen LogP contribution >= 0.6 is 12.2 Å². The van der Waals surface area contributed by atoms with Gasteiger partial charge in [0.2, 0.25) is 17.7 Å². The molecule has 10 N–H and O–H groups in total. The van der Waals surface area contributed by atoms with Crippen LogP contribution in [0, 0.1) is 18.6 Å². The number of aromatic nitrogens is 2. The van der Waals surface area contributed by atoms with E-state index in [1.807, 2.05) is 89.2 Å². The Bertz CT molecular complexity index is 1330. The minimum atomic E-state index is -0.806. The van der Waals surface area contributed by atoms with Crippen molar-refractivity contribution in [2.45, 2.75) is 105 Å². The van der Waals surface area contributed by atoms with Crippen molar-refractivity contribution >= 4 is 41.7 Å². The number of likely N-dealkylation sites (N-methyl/N-ethyl adjacent to an activating group) is 1. The van der Waals surface area contributed by atoms with E-state index in [1.54, 1.807) is 7.05 Å². The van der Waals surface area contributed by atoms with Gasteiger partial charge < -0.3 is 47.6 Å². The number of unbranched alkanes of at least 4 members (excludes halogenated alkanes) is 1. The molecule has 52 heavy (non-hydrogen) atoms. The SMILES string of the molecule is CC.CC.CCCC(=O)CNC(=O)C(CCCCN)NC(=O)CNC(=O)C(CCCN=C(N)N)NC.Cc1ccccc1.Cc1cn(C)c(=S)n1C. The first-order chi connectivity index (χ1) is 24.8. The fourth-order valence-corrected chi connectivity index (χ4v) is 4.42. The lowest BCUT2D eigenvalue weighted by atomic mass is 10.1. The van der Waals surface area contributed by atoms with Gasteiger partial charge in [0.15, 0.2) is 16.5 Å². The summed E-state index contributed by atoms with van der Waals surface area (Å²) in [6.07, 6.45) is 5.90. The van der Waals surface area contributed by atoms with E-state index in [4.69, 9.17) is 29.4 Å². The highest BCUT2D eigenvalue weighted by molar-refractivity contribution is 7.71. The first kappa shape index (κ1) is 52.3. The van der Waals surface area contributed by atoms with Gasteiger partial charge in [-0.1, -0.05) is 70.5 Å². The maximum Gasteiger partial charge on any atom is 0.242 e. The molecule has 0 spiro atoms. The molecule has 2 aromatic rings. The van der Waals surface area contributed by atoms with Crippen molar-refractivity contribution in [1.29, 1.82) is 0 Å². The minimum Gasteiger partial charge on any atom is -0.370 e. The Morgan fingerprint density at radius 1 is 0.865 bits per heavy atom. The molecule has 1 aromatic carbocycles. The molecule has 2 unspecified atom stereocenters. The average Bonchev–Trinajstić information content (AvgIpc) is 3.36. The largest absolute Gasteiger partial charge is 0.370 e. The Hall–Kier alpha value is -4.08. The van der Waals surface area contributed by atoms with Crippen LogP contribution in [-0.4, -0.2) is 83.9 Å². The predicted octanol–water partition coefficient (Wildman–Crippen LogP) is 3.29. The second kappa shape index (κ2) is 34.0. The number of guanidine groups is 1. The van der Waals surface area contributed by atoms with Crippen molar-refractivity contribution < 1.29 is 19.2 Å². The Balaban J connectivity index is -0.000000958. The normalized spacial score (nSPS) is 10.8. The van der Waals surface area contributed by atoms with Gasteiger partial charge >= 0.3 is 0 Å². The number of Topliss-reactive ketones (excluding diaryl/α,β-unsaturated/α-hetero) is 1. The number of amides is 3. The number of rotatable bonds is 18. The van der Waals surface area contributed by atoms with E-state index >= 15 is 0 Å². The summed E-state index contributed by atoms with van der Waals surface area (Å²) in [6.45, 7) is 14.5. The molecule has 0 aliphatic rings. The molecule has 298 valence electrons. The lowest BCUT2D eigenvalue weighted by Gasteiger charge is -2.19. The van der Waals surface area contributed by atoms with Gasteiger partial charge in [0.25, 0.3) is 0 Å². The molecular formula is C37H70N10O4S. The Labute approximate surface area is 318 Å². The summed E-state index contributed by atoms with van der Waals surface area (Å²) >= 11 is 5.04. The van der Waals surface area contributed by atoms with Crippen LogP contribution in [0.3, 0.4) is 0 Å². The first-order valence-electron chi connectivity index (χ1n) is 18.3. The molecule has 1 heterocycles.